The first kappa shape index (κ1) is 18.7. The van der Waals surface area contributed by atoms with Crippen LogP contribution in [0.1, 0.15) is 35.0 Å². The largest absolute Gasteiger partial charge is 0.355 e. The standard InChI is InChI=1S/C17H18ClFN4O2S/c1-2-6-20-14(24)7-23-16(10-8-26-9-13(10)22-23)21-17(25)15-11(18)4-3-5-12(15)19/h3-5H,2,6-9H2,1H3,(H,20,24)(H,21,25). The number of rotatable bonds is 6. The third-order valence-corrected chi connectivity index (χ3v) is 5.19. The first-order valence-corrected chi connectivity index (χ1v) is 9.73. The van der Waals surface area contributed by atoms with Crippen molar-refractivity contribution in [1.82, 2.24) is 15.1 Å². The summed E-state index contributed by atoms with van der Waals surface area (Å²) < 4.78 is 15.5. The van der Waals surface area contributed by atoms with Gasteiger partial charge < -0.3 is 10.6 Å². The fourth-order valence-electron chi connectivity index (χ4n) is 2.66. The smallest absolute Gasteiger partial charge is 0.261 e. The van der Waals surface area contributed by atoms with E-state index < -0.39 is 11.7 Å². The molecule has 0 bridgehead atoms. The van der Waals surface area contributed by atoms with Crippen LogP contribution >= 0.6 is 23.4 Å². The number of halogens is 2. The molecule has 3 rings (SSSR count). The predicted octanol–water partition coefficient (Wildman–Crippen LogP) is 3.20. The van der Waals surface area contributed by atoms with Crippen LogP contribution in [-0.2, 0) is 22.8 Å². The molecule has 0 radical (unpaired) electrons. The summed E-state index contributed by atoms with van der Waals surface area (Å²) in [6, 6.07) is 4.07. The van der Waals surface area contributed by atoms with Gasteiger partial charge in [0.15, 0.2) is 0 Å². The van der Waals surface area contributed by atoms with Crippen molar-refractivity contribution in [2.24, 2.45) is 0 Å². The molecular weight excluding hydrogens is 379 g/mol. The zero-order valence-corrected chi connectivity index (χ0v) is 15.7. The van der Waals surface area contributed by atoms with Gasteiger partial charge in [0.1, 0.15) is 18.2 Å². The van der Waals surface area contributed by atoms with Crippen LogP contribution in [0.25, 0.3) is 0 Å². The Morgan fingerprint density at radius 2 is 2.19 bits per heavy atom. The van der Waals surface area contributed by atoms with Gasteiger partial charge in [-0.2, -0.15) is 16.9 Å². The average Bonchev–Trinajstić information content (AvgIpc) is 3.16. The van der Waals surface area contributed by atoms with Crippen molar-refractivity contribution in [2.45, 2.75) is 31.4 Å². The molecule has 26 heavy (non-hydrogen) atoms. The number of carbonyl (C=O) groups excluding carboxylic acids is 2. The number of aromatic nitrogens is 2. The molecule has 0 fully saturated rings. The molecule has 0 aliphatic carbocycles. The van der Waals surface area contributed by atoms with Crippen molar-refractivity contribution in [3.63, 3.8) is 0 Å². The van der Waals surface area contributed by atoms with Crippen LogP contribution in [0.2, 0.25) is 5.02 Å². The van der Waals surface area contributed by atoms with E-state index in [2.05, 4.69) is 15.7 Å². The van der Waals surface area contributed by atoms with Gasteiger partial charge in [0.2, 0.25) is 5.91 Å². The summed E-state index contributed by atoms with van der Waals surface area (Å²) in [6.45, 7) is 2.52. The maximum absolute atomic E-state index is 14.0. The number of fused-ring (bicyclic) bond motifs is 1. The van der Waals surface area contributed by atoms with Gasteiger partial charge in [0, 0.05) is 23.6 Å². The molecule has 1 aromatic carbocycles. The van der Waals surface area contributed by atoms with Gasteiger partial charge in [-0.25, -0.2) is 9.07 Å². The summed E-state index contributed by atoms with van der Waals surface area (Å²) in [5, 5.41) is 9.92. The highest BCUT2D eigenvalue weighted by Gasteiger charge is 2.26. The first-order valence-electron chi connectivity index (χ1n) is 8.19. The predicted molar refractivity (Wildman–Crippen MR) is 99.9 cm³/mol. The quantitative estimate of drug-likeness (QED) is 0.786. The molecule has 0 atom stereocenters. The van der Waals surface area contributed by atoms with E-state index in [0.717, 1.165) is 17.7 Å². The zero-order valence-electron chi connectivity index (χ0n) is 14.1. The molecule has 2 aromatic rings. The molecule has 9 heteroatoms. The maximum atomic E-state index is 14.0. The van der Waals surface area contributed by atoms with Crippen molar-refractivity contribution in [3.05, 3.63) is 45.9 Å². The lowest BCUT2D eigenvalue weighted by atomic mass is 10.2. The van der Waals surface area contributed by atoms with Gasteiger partial charge in [0.05, 0.1) is 16.3 Å². The normalized spacial score (nSPS) is 12.7. The fraction of sp³-hybridized carbons (Fsp3) is 0.353. The second-order valence-corrected chi connectivity index (χ2v) is 7.22. The van der Waals surface area contributed by atoms with Crippen molar-refractivity contribution < 1.29 is 14.0 Å². The summed E-state index contributed by atoms with van der Waals surface area (Å²) >= 11 is 7.64. The summed E-state index contributed by atoms with van der Waals surface area (Å²) in [7, 11) is 0. The molecule has 0 saturated heterocycles. The maximum Gasteiger partial charge on any atom is 0.261 e. The lowest BCUT2D eigenvalue weighted by Crippen LogP contribution is -2.29. The van der Waals surface area contributed by atoms with Gasteiger partial charge >= 0.3 is 0 Å². The van der Waals surface area contributed by atoms with E-state index in [4.69, 9.17) is 11.6 Å². The first-order chi connectivity index (χ1) is 12.5. The van der Waals surface area contributed by atoms with Crippen LogP contribution in [-0.4, -0.2) is 28.1 Å². The van der Waals surface area contributed by atoms with Crippen LogP contribution in [0, 0.1) is 5.82 Å². The summed E-state index contributed by atoms with van der Waals surface area (Å²) in [4.78, 5) is 24.6. The minimum absolute atomic E-state index is 0.0156. The van der Waals surface area contributed by atoms with Gasteiger partial charge in [0.25, 0.3) is 5.91 Å². The van der Waals surface area contributed by atoms with Gasteiger partial charge in [-0.05, 0) is 18.6 Å². The molecule has 1 aliphatic heterocycles. The third-order valence-electron chi connectivity index (χ3n) is 3.91. The highest BCUT2D eigenvalue weighted by atomic mass is 35.5. The summed E-state index contributed by atoms with van der Waals surface area (Å²) in [5.41, 5.74) is 1.46. The Morgan fingerprint density at radius 3 is 2.92 bits per heavy atom. The molecule has 2 N–H and O–H groups in total. The number of hydrogen-bond acceptors (Lipinski definition) is 4. The van der Waals surface area contributed by atoms with Crippen LogP contribution in [0.15, 0.2) is 18.2 Å². The Labute approximate surface area is 159 Å². The van der Waals surface area contributed by atoms with E-state index in [9.17, 15) is 14.0 Å². The van der Waals surface area contributed by atoms with E-state index in [0.29, 0.717) is 23.9 Å². The second kappa shape index (κ2) is 8.09. The minimum atomic E-state index is -0.701. The zero-order chi connectivity index (χ0) is 18.7. The number of thioether (sulfide) groups is 1. The SMILES string of the molecule is CCCNC(=O)Cn1nc2c(c1NC(=O)c1c(F)cccc1Cl)CSC2. The number of hydrogen-bond donors (Lipinski definition) is 2. The monoisotopic (exact) mass is 396 g/mol. The molecule has 6 nitrogen and oxygen atoms in total. The van der Waals surface area contributed by atoms with Crippen LogP contribution < -0.4 is 10.6 Å². The Kier molecular flexibility index (Phi) is 5.83. The van der Waals surface area contributed by atoms with E-state index in [-0.39, 0.29) is 23.0 Å². The van der Waals surface area contributed by atoms with Crippen LogP contribution in [0.4, 0.5) is 10.2 Å². The minimum Gasteiger partial charge on any atom is -0.355 e. The highest BCUT2D eigenvalue weighted by Crippen LogP contribution is 2.35. The van der Waals surface area contributed by atoms with Crippen molar-refractivity contribution in [1.29, 1.82) is 0 Å². The molecular formula is C17H18ClFN4O2S. The van der Waals surface area contributed by atoms with Crippen molar-refractivity contribution in [3.8, 4) is 0 Å². The fourth-order valence-corrected chi connectivity index (χ4v) is 3.95. The number of amides is 2. The Hall–Kier alpha value is -2.06. The van der Waals surface area contributed by atoms with Crippen LogP contribution in [0.3, 0.4) is 0 Å². The topological polar surface area (TPSA) is 76.0 Å². The summed E-state index contributed by atoms with van der Waals surface area (Å²) in [6.07, 6.45) is 0.827. The Balaban J connectivity index is 1.87. The number of nitrogens with one attached hydrogen (secondary N) is 2. The number of anilines is 1. The molecule has 2 amide bonds. The Bertz CT molecular complexity index is 835. The van der Waals surface area contributed by atoms with E-state index in [1.54, 1.807) is 11.8 Å². The van der Waals surface area contributed by atoms with Crippen LogP contribution in [0.5, 0.6) is 0 Å². The number of nitrogens with zero attached hydrogens (tertiary/aromatic N) is 2. The average molecular weight is 397 g/mol. The molecule has 0 unspecified atom stereocenters. The molecule has 2 heterocycles. The molecule has 0 spiro atoms. The summed E-state index contributed by atoms with van der Waals surface area (Å²) in [5.74, 6) is 0.242. The van der Waals surface area contributed by atoms with E-state index in [1.165, 1.54) is 22.9 Å². The highest BCUT2D eigenvalue weighted by molar-refractivity contribution is 7.98. The third kappa shape index (κ3) is 3.86. The number of carbonyl (C=O) groups is 2. The van der Waals surface area contributed by atoms with E-state index in [1.807, 2.05) is 6.92 Å². The van der Waals surface area contributed by atoms with Gasteiger partial charge in [-0.15, -0.1) is 0 Å². The molecule has 138 valence electrons. The second-order valence-electron chi connectivity index (χ2n) is 5.83. The Morgan fingerprint density at radius 1 is 1.38 bits per heavy atom. The lowest BCUT2D eigenvalue weighted by Gasteiger charge is -2.12. The lowest BCUT2D eigenvalue weighted by molar-refractivity contribution is -0.121. The number of benzene rings is 1. The van der Waals surface area contributed by atoms with Gasteiger partial charge in [-0.1, -0.05) is 24.6 Å². The van der Waals surface area contributed by atoms with Gasteiger partial charge in [-0.3, -0.25) is 9.59 Å². The van der Waals surface area contributed by atoms with E-state index >= 15 is 0 Å². The molecule has 0 saturated carbocycles. The molecule has 1 aliphatic rings. The van der Waals surface area contributed by atoms with Crippen molar-refractivity contribution >= 4 is 41.0 Å². The van der Waals surface area contributed by atoms with Crippen molar-refractivity contribution in [2.75, 3.05) is 11.9 Å². The molecule has 1 aromatic heterocycles.